The number of esters is 1. The van der Waals surface area contributed by atoms with Gasteiger partial charge in [0.05, 0.1) is 5.92 Å². The van der Waals surface area contributed by atoms with E-state index in [1.54, 1.807) is 18.5 Å². The van der Waals surface area contributed by atoms with Crippen LogP contribution in [0, 0.1) is 12.8 Å². The fourth-order valence-electron chi connectivity index (χ4n) is 3.37. The minimum atomic E-state index is -3.70. The van der Waals surface area contributed by atoms with E-state index in [9.17, 15) is 18.0 Å². The molecule has 2 aromatic rings. The minimum absolute atomic E-state index is 0.0113. The topological polar surface area (TPSA) is 111 Å². The van der Waals surface area contributed by atoms with Gasteiger partial charge in [-0.1, -0.05) is 30.3 Å². The number of piperidine rings is 1. The Labute approximate surface area is 182 Å². The molecule has 1 aromatic heterocycles. The first-order chi connectivity index (χ1) is 14.7. The molecule has 1 fully saturated rings. The molecule has 0 bridgehead atoms. The van der Waals surface area contributed by atoms with Gasteiger partial charge in [0.2, 0.25) is 0 Å². The molecule has 1 amide bonds. The maximum Gasteiger partial charge on any atom is 0.309 e. The number of carbonyl (C=O) groups is 2. The average molecular weight is 449 g/mol. The van der Waals surface area contributed by atoms with E-state index >= 15 is 0 Å². The van der Waals surface area contributed by atoms with Crippen LogP contribution in [0.4, 0.5) is 0 Å². The van der Waals surface area contributed by atoms with E-state index in [1.165, 1.54) is 17.4 Å². The fraction of sp³-hybridized carbons (Fsp3) is 0.476. The van der Waals surface area contributed by atoms with Crippen molar-refractivity contribution in [3.63, 3.8) is 0 Å². The number of aryl methyl sites for hydroxylation is 2. The zero-order chi connectivity index (χ0) is 22.6. The molecule has 1 unspecified atom stereocenters. The molecule has 1 atom stereocenters. The highest BCUT2D eigenvalue weighted by Crippen LogP contribution is 2.24. The first kappa shape index (κ1) is 23.0. The second-order valence-electron chi connectivity index (χ2n) is 7.70. The van der Waals surface area contributed by atoms with Crippen LogP contribution in [0.25, 0.3) is 0 Å². The van der Waals surface area contributed by atoms with Crippen LogP contribution >= 0.6 is 0 Å². The molecule has 1 N–H and O–H groups in total. The van der Waals surface area contributed by atoms with E-state index in [4.69, 9.17) is 4.74 Å². The first-order valence-electron chi connectivity index (χ1n) is 10.2. The van der Waals surface area contributed by atoms with Gasteiger partial charge < -0.3 is 14.6 Å². The van der Waals surface area contributed by atoms with E-state index < -0.39 is 28.0 Å². The summed E-state index contributed by atoms with van der Waals surface area (Å²) in [7, 11) is -1.96. The lowest BCUT2D eigenvalue weighted by Gasteiger charge is -2.30. The molecule has 31 heavy (non-hydrogen) atoms. The SMILES string of the molecule is Cc1nc(S(=O)(=O)N2CCC(C(=O)OC(C)C(=O)NCc3ccccc3)CC2)cn1C. The third-order valence-corrected chi connectivity index (χ3v) is 7.22. The van der Waals surface area contributed by atoms with E-state index in [0.29, 0.717) is 25.2 Å². The fourth-order valence-corrected chi connectivity index (χ4v) is 4.86. The van der Waals surface area contributed by atoms with E-state index in [2.05, 4.69) is 10.3 Å². The highest BCUT2D eigenvalue weighted by Gasteiger charge is 2.35. The smallest absolute Gasteiger partial charge is 0.309 e. The quantitative estimate of drug-likeness (QED) is 0.641. The number of nitrogens with one attached hydrogen (secondary N) is 1. The molecular formula is C21H28N4O5S. The van der Waals surface area contributed by atoms with Gasteiger partial charge in [-0.3, -0.25) is 9.59 Å². The van der Waals surface area contributed by atoms with E-state index in [-0.39, 0.29) is 24.0 Å². The predicted molar refractivity (Wildman–Crippen MR) is 113 cm³/mol. The normalized spacial score (nSPS) is 16.6. The zero-order valence-corrected chi connectivity index (χ0v) is 18.8. The summed E-state index contributed by atoms with van der Waals surface area (Å²) in [6, 6.07) is 9.44. The van der Waals surface area contributed by atoms with Crippen molar-refractivity contribution < 1.29 is 22.7 Å². The van der Waals surface area contributed by atoms with Gasteiger partial charge in [0.15, 0.2) is 11.1 Å². The second-order valence-corrected chi connectivity index (χ2v) is 9.58. The van der Waals surface area contributed by atoms with Gasteiger partial charge in [0, 0.05) is 32.9 Å². The summed E-state index contributed by atoms with van der Waals surface area (Å²) in [5.41, 5.74) is 0.950. The lowest BCUT2D eigenvalue weighted by molar-refractivity contribution is -0.159. The predicted octanol–water partition coefficient (Wildman–Crippen LogP) is 1.38. The molecule has 9 nitrogen and oxygen atoms in total. The summed E-state index contributed by atoms with van der Waals surface area (Å²) in [5, 5.41) is 2.76. The summed E-state index contributed by atoms with van der Waals surface area (Å²) < 4.78 is 33.9. The molecule has 0 aliphatic carbocycles. The third kappa shape index (κ3) is 5.50. The van der Waals surface area contributed by atoms with Crippen molar-refractivity contribution >= 4 is 21.9 Å². The van der Waals surface area contributed by atoms with Crippen LogP contribution in [-0.2, 0) is 37.9 Å². The monoisotopic (exact) mass is 448 g/mol. The van der Waals surface area contributed by atoms with Crippen molar-refractivity contribution in [3.8, 4) is 0 Å². The van der Waals surface area contributed by atoms with E-state index in [1.807, 2.05) is 30.3 Å². The molecule has 1 aliphatic heterocycles. The zero-order valence-electron chi connectivity index (χ0n) is 17.9. The van der Waals surface area contributed by atoms with Crippen molar-refractivity contribution in [2.45, 2.75) is 44.4 Å². The van der Waals surface area contributed by atoms with Crippen molar-refractivity contribution in [1.29, 1.82) is 0 Å². The molecule has 0 saturated carbocycles. The first-order valence-corrected chi connectivity index (χ1v) is 11.6. The Morgan fingerprint density at radius 1 is 1.23 bits per heavy atom. The van der Waals surface area contributed by atoms with Crippen molar-refractivity contribution in [2.75, 3.05) is 13.1 Å². The molecule has 10 heteroatoms. The van der Waals surface area contributed by atoms with Gasteiger partial charge in [-0.05, 0) is 32.3 Å². The minimum Gasteiger partial charge on any atom is -0.452 e. The van der Waals surface area contributed by atoms with Gasteiger partial charge >= 0.3 is 5.97 Å². The Balaban J connectivity index is 1.48. The highest BCUT2D eigenvalue weighted by molar-refractivity contribution is 7.89. The Morgan fingerprint density at radius 2 is 1.87 bits per heavy atom. The summed E-state index contributed by atoms with van der Waals surface area (Å²) in [6.45, 7) is 4.02. The van der Waals surface area contributed by atoms with Crippen LogP contribution in [0.15, 0.2) is 41.6 Å². The molecule has 3 rings (SSSR count). The Hall–Kier alpha value is -2.72. The number of benzene rings is 1. The summed E-state index contributed by atoms with van der Waals surface area (Å²) in [4.78, 5) is 28.8. The van der Waals surface area contributed by atoms with Crippen molar-refractivity contribution in [2.24, 2.45) is 13.0 Å². The number of imidazole rings is 1. The number of sulfonamides is 1. The van der Waals surface area contributed by atoms with E-state index in [0.717, 1.165) is 5.56 Å². The number of amides is 1. The lowest BCUT2D eigenvalue weighted by atomic mass is 9.98. The van der Waals surface area contributed by atoms with Gasteiger partial charge in [0.1, 0.15) is 5.82 Å². The van der Waals surface area contributed by atoms with Crippen LogP contribution < -0.4 is 5.32 Å². The van der Waals surface area contributed by atoms with Gasteiger partial charge in [-0.25, -0.2) is 13.4 Å². The van der Waals surface area contributed by atoms with Crippen LogP contribution in [0.1, 0.15) is 31.2 Å². The number of rotatable bonds is 7. The van der Waals surface area contributed by atoms with Gasteiger partial charge in [-0.2, -0.15) is 4.31 Å². The summed E-state index contributed by atoms with van der Waals surface area (Å²) >= 11 is 0. The van der Waals surface area contributed by atoms with Crippen molar-refractivity contribution in [3.05, 3.63) is 47.9 Å². The third-order valence-electron chi connectivity index (χ3n) is 5.45. The molecule has 1 aliphatic rings. The number of hydrogen-bond donors (Lipinski definition) is 1. The van der Waals surface area contributed by atoms with Crippen molar-refractivity contribution in [1.82, 2.24) is 19.2 Å². The molecule has 2 heterocycles. The number of nitrogens with zero attached hydrogens (tertiary/aromatic N) is 3. The van der Waals surface area contributed by atoms with Crippen LogP contribution in [0.5, 0.6) is 0 Å². The molecular weight excluding hydrogens is 420 g/mol. The second kappa shape index (κ2) is 9.61. The highest BCUT2D eigenvalue weighted by atomic mass is 32.2. The average Bonchev–Trinajstić information content (AvgIpc) is 3.11. The molecule has 168 valence electrons. The summed E-state index contributed by atoms with van der Waals surface area (Å²) in [6.07, 6.45) is 1.24. The number of hydrogen-bond acceptors (Lipinski definition) is 6. The van der Waals surface area contributed by atoms with Gasteiger partial charge in [0.25, 0.3) is 15.9 Å². The number of carbonyl (C=O) groups excluding carboxylic acids is 2. The maximum absolute atomic E-state index is 12.8. The Kier molecular flexibility index (Phi) is 7.11. The molecule has 0 radical (unpaired) electrons. The molecule has 1 aromatic carbocycles. The molecule has 0 spiro atoms. The number of aromatic nitrogens is 2. The maximum atomic E-state index is 12.8. The van der Waals surface area contributed by atoms with Gasteiger partial charge in [-0.15, -0.1) is 0 Å². The summed E-state index contributed by atoms with van der Waals surface area (Å²) in [5.74, 6) is -0.686. The van der Waals surface area contributed by atoms with Crippen LogP contribution in [0.3, 0.4) is 0 Å². The molecule has 1 saturated heterocycles. The Morgan fingerprint density at radius 3 is 2.45 bits per heavy atom. The number of ether oxygens (including phenoxy) is 1. The largest absolute Gasteiger partial charge is 0.452 e. The van der Waals surface area contributed by atoms with Crippen LogP contribution in [0.2, 0.25) is 0 Å². The lowest BCUT2D eigenvalue weighted by Crippen LogP contribution is -2.42. The standard InChI is InChI=1S/C21H28N4O5S/c1-15(20(26)22-13-17-7-5-4-6-8-17)30-21(27)18-9-11-25(12-10-18)31(28,29)19-14-24(3)16(2)23-19/h4-8,14-15,18H,9-13H2,1-3H3,(H,22,26). The van der Waals surface area contributed by atoms with Crippen LogP contribution in [-0.4, -0.2) is 53.3 Å². The Bertz CT molecular complexity index is 1010.